The Morgan fingerprint density at radius 1 is 1.30 bits per heavy atom. The van der Waals surface area contributed by atoms with Gasteiger partial charge in [-0.05, 0) is 73.0 Å². The topological polar surface area (TPSA) is 46.6 Å². The number of piperidine rings is 1. The van der Waals surface area contributed by atoms with E-state index in [1.807, 2.05) is 12.1 Å². The summed E-state index contributed by atoms with van der Waals surface area (Å²) in [5.74, 6) is -0.370. The van der Waals surface area contributed by atoms with Crippen LogP contribution in [0, 0.1) is 3.57 Å². The van der Waals surface area contributed by atoms with Gasteiger partial charge in [0, 0.05) is 15.7 Å². The highest BCUT2D eigenvalue weighted by Gasteiger charge is 2.33. The summed E-state index contributed by atoms with van der Waals surface area (Å²) < 4.78 is 6.17. The Balaban J connectivity index is 2.16. The zero-order chi connectivity index (χ0) is 14.5. The lowest BCUT2D eigenvalue weighted by atomic mass is 10.0. The highest BCUT2D eigenvalue weighted by atomic mass is 127. The van der Waals surface area contributed by atoms with Crippen molar-refractivity contribution in [2.24, 2.45) is 0 Å². The second-order valence-electron chi connectivity index (χ2n) is 4.77. The second kappa shape index (κ2) is 7.06. The zero-order valence-electron chi connectivity index (χ0n) is 11.5. The molecule has 108 valence electrons. The van der Waals surface area contributed by atoms with Crippen LogP contribution in [0.3, 0.4) is 0 Å². The van der Waals surface area contributed by atoms with E-state index in [0.29, 0.717) is 25.1 Å². The molecule has 2 rings (SSSR count). The summed E-state index contributed by atoms with van der Waals surface area (Å²) in [4.78, 5) is 26.2. The molecule has 20 heavy (non-hydrogen) atoms. The van der Waals surface area contributed by atoms with Gasteiger partial charge in [0.25, 0.3) is 5.91 Å². The number of carbonyl (C=O) groups is 2. The maximum Gasteiger partial charge on any atom is 0.328 e. The van der Waals surface area contributed by atoms with E-state index in [4.69, 9.17) is 4.74 Å². The molecule has 0 radical (unpaired) electrons. The molecule has 0 aromatic heterocycles. The molecule has 0 N–H and O–H groups in total. The Morgan fingerprint density at radius 3 is 2.65 bits per heavy atom. The van der Waals surface area contributed by atoms with Crippen molar-refractivity contribution in [3.8, 4) is 0 Å². The van der Waals surface area contributed by atoms with Crippen molar-refractivity contribution >= 4 is 34.5 Å². The van der Waals surface area contributed by atoms with E-state index in [1.165, 1.54) is 0 Å². The average molecular weight is 387 g/mol. The van der Waals surface area contributed by atoms with Crippen molar-refractivity contribution in [3.63, 3.8) is 0 Å². The number of esters is 1. The summed E-state index contributed by atoms with van der Waals surface area (Å²) in [6.45, 7) is 2.75. The molecule has 0 saturated carbocycles. The van der Waals surface area contributed by atoms with Crippen LogP contribution >= 0.6 is 22.6 Å². The lowest BCUT2D eigenvalue weighted by molar-refractivity contribution is -0.149. The molecule has 1 atom stereocenters. The molecule has 1 amide bonds. The molecule has 1 aromatic carbocycles. The highest BCUT2D eigenvalue weighted by molar-refractivity contribution is 14.1. The van der Waals surface area contributed by atoms with Crippen molar-refractivity contribution in [1.82, 2.24) is 4.90 Å². The highest BCUT2D eigenvalue weighted by Crippen LogP contribution is 2.21. The van der Waals surface area contributed by atoms with E-state index in [9.17, 15) is 9.59 Å². The number of hydrogen-bond donors (Lipinski definition) is 0. The predicted octanol–water partition coefficient (Wildman–Crippen LogP) is 2.85. The standard InChI is InChI=1S/C15H18INO3/c1-2-20-15(19)13-5-3-4-10-17(13)14(18)11-6-8-12(16)9-7-11/h6-9,13H,2-5,10H2,1H3. The predicted molar refractivity (Wildman–Crippen MR) is 84.5 cm³/mol. The molecule has 1 aromatic rings. The number of benzene rings is 1. The molecule has 1 aliphatic heterocycles. The summed E-state index contributed by atoms with van der Waals surface area (Å²) in [5.41, 5.74) is 0.626. The Hall–Kier alpha value is -1.11. The molecule has 5 heteroatoms. The number of amides is 1. The van der Waals surface area contributed by atoms with Gasteiger partial charge in [0.2, 0.25) is 0 Å². The van der Waals surface area contributed by atoms with E-state index in [0.717, 1.165) is 16.4 Å². The lowest BCUT2D eigenvalue weighted by Gasteiger charge is -2.34. The van der Waals surface area contributed by atoms with Crippen LogP contribution in [-0.4, -0.2) is 36.0 Å². The lowest BCUT2D eigenvalue weighted by Crippen LogP contribution is -2.48. The van der Waals surface area contributed by atoms with E-state index in [1.54, 1.807) is 24.0 Å². The van der Waals surface area contributed by atoms with Crippen LogP contribution < -0.4 is 0 Å². The molecule has 1 heterocycles. The molecular weight excluding hydrogens is 369 g/mol. The summed E-state index contributed by atoms with van der Waals surface area (Å²) in [5, 5.41) is 0. The Morgan fingerprint density at radius 2 is 2.00 bits per heavy atom. The van der Waals surface area contributed by atoms with Crippen LogP contribution in [0.5, 0.6) is 0 Å². The maximum atomic E-state index is 12.5. The molecule has 0 aliphatic carbocycles. The van der Waals surface area contributed by atoms with E-state index in [2.05, 4.69) is 22.6 Å². The van der Waals surface area contributed by atoms with Gasteiger partial charge in [-0.2, -0.15) is 0 Å². The van der Waals surface area contributed by atoms with Gasteiger partial charge in [-0.15, -0.1) is 0 Å². The normalized spacial score (nSPS) is 18.7. The molecule has 1 aliphatic rings. The summed E-state index contributed by atoms with van der Waals surface area (Å²) in [7, 11) is 0. The molecule has 1 fully saturated rings. The number of nitrogens with zero attached hydrogens (tertiary/aromatic N) is 1. The van der Waals surface area contributed by atoms with Crippen LogP contribution in [0.1, 0.15) is 36.5 Å². The van der Waals surface area contributed by atoms with Crippen molar-refractivity contribution in [3.05, 3.63) is 33.4 Å². The molecule has 0 bridgehead atoms. The summed E-state index contributed by atoms with van der Waals surface area (Å²) in [6.07, 6.45) is 2.58. The first-order chi connectivity index (χ1) is 9.63. The minimum atomic E-state index is -0.435. The van der Waals surface area contributed by atoms with Crippen LogP contribution in [-0.2, 0) is 9.53 Å². The van der Waals surface area contributed by atoms with Gasteiger partial charge in [-0.1, -0.05) is 0 Å². The van der Waals surface area contributed by atoms with Gasteiger partial charge in [0.1, 0.15) is 6.04 Å². The second-order valence-corrected chi connectivity index (χ2v) is 6.01. The number of rotatable bonds is 3. The molecule has 1 unspecified atom stereocenters. The largest absolute Gasteiger partial charge is 0.464 e. The molecule has 4 nitrogen and oxygen atoms in total. The maximum absolute atomic E-state index is 12.5. The van der Waals surface area contributed by atoms with Gasteiger partial charge in [-0.3, -0.25) is 4.79 Å². The van der Waals surface area contributed by atoms with Gasteiger partial charge in [-0.25, -0.2) is 4.79 Å². The smallest absolute Gasteiger partial charge is 0.328 e. The first kappa shape index (κ1) is 15.3. The SMILES string of the molecule is CCOC(=O)C1CCCCN1C(=O)c1ccc(I)cc1. The van der Waals surface area contributed by atoms with Crippen molar-refractivity contribution in [2.45, 2.75) is 32.2 Å². The van der Waals surface area contributed by atoms with Gasteiger partial charge in [0.05, 0.1) is 6.61 Å². The first-order valence-electron chi connectivity index (χ1n) is 6.86. The van der Waals surface area contributed by atoms with Crippen LogP contribution in [0.25, 0.3) is 0 Å². The Labute approximate surface area is 132 Å². The van der Waals surface area contributed by atoms with E-state index in [-0.39, 0.29) is 11.9 Å². The quantitative estimate of drug-likeness (QED) is 0.592. The van der Waals surface area contributed by atoms with Crippen LogP contribution in [0.4, 0.5) is 0 Å². The average Bonchev–Trinajstić information content (AvgIpc) is 2.47. The third-order valence-corrected chi connectivity index (χ3v) is 4.13. The Kier molecular flexibility index (Phi) is 5.39. The minimum Gasteiger partial charge on any atom is -0.464 e. The number of likely N-dealkylation sites (tertiary alicyclic amines) is 1. The number of ether oxygens (including phenoxy) is 1. The van der Waals surface area contributed by atoms with Crippen molar-refractivity contribution < 1.29 is 14.3 Å². The fraction of sp³-hybridized carbons (Fsp3) is 0.467. The monoisotopic (exact) mass is 387 g/mol. The third-order valence-electron chi connectivity index (χ3n) is 3.41. The third kappa shape index (κ3) is 3.50. The van der Waals surface area contributed by atoms with Crippen LogP contribution in [0.2, 0.25) is 0 Å². The van der Waals surface area contributed by atoms with Gasteiger partial charge in [0.15, 0.2) is 0 Å². The molecule has 0 spiro atoms. The Bertz CT molecular complexity index is 486. The van der Waals surface area contributed by atoms with E-state index >= 15 is 0 Å². The van der Waals surface area contributed by atoms with Gasteiger partial charge >= 0.3 is 5.97 Å². The first-order valence-corrected chi connectivity index (χ1v) is 7.94. The molecular formula is C15H18INO3. The fourth-order valence-electron chi connectivity index (χ4n) is 2.42. The fourth-order valence-corrected chi connectivity index (χ4v) is 2.78. The summed E-state index contributed by atoms with van der Waals surface area (Å²) >= 11 is 2.20. The molecule has 1 saturated heterocycles. The van der Waals surface area contributed by atoms with Crippen molar-refractivity contribution in [1.29, 1.82) is 0 Å². The summed E-state index contributed by atoms with van der Waals surface area (Å²) in [6, 6.07) is 6.98. The number of hydrogen-bond acceptors (Lipinski definition) is 3. The number of carbonyl (C=O) groups excluding carboxylic acids is 2. The van der Waals surface area contributed by atoms with Crippen LogP contribution in [0.15, 0.2) is 24.3 Å². The number of halogens is 1. The van der Waals surface area contributed by atoms with Gasteiger partial charge < -0.3 is 9.64 Å². The van der Waals surface area contributed by atoms with E-state index < -0.39 is 6.04 Å². The van der Waals surface area contributed by atoms with Crippen molar-refractivity contribution in [2.75, 3.05) is 13.2 Å². The minimum absolute atomic E-state index is 0.0841. The zero-order valence-corrected chi connectivity index (χ0v) is 13.6.